The fraction of sp³-hybridized carbons (Fsp3) is 0.207. The highest BCUT2D eigenvalue weighted by molar-refractivity contribution is 5.91. The summed E-state index contributed by atoms with van der Waals surface area (Å²) in [6, 6.07) is 13.1. The van der Waals surface area contributed by atoms with Gasteiger partial charge in [0, 0.05) is 11.7 Å². The van der Waals surface area contributed by atoms with Crippen LogP contribution in [0.4, 0.5) is 0 Å². The number of aromatic nitrogens is 1. The molecule has 0 amide bonds. The van der Waals surface area contributed by atoms with Crippen LogP contribution >= 0.6 is 0 Å². The summed E-state index contributed by atoms with van der Waals surface area (Å²) in [6.07, 6.45) is 17.1. The number of rotatable bonds is 3. The van der Waals surface area contributed by atoms with Crippen LogP contribution < -0.4 is 21.5 Å². The Labute approximate surface area is 189 Å². The molecule has 3 aliphatic rings. The van der Waals surface area contributed by atoms with Gasteiger partial charge in [0.2, 0.25) is 0 Å². The van der Waals surface area contributed by atoms with E-state index in [9.17, 15) is 0 Å². The average Bonchev–Trinajstić information content (AvgIpc) is 2.96. The maximum absolute atomic E-state index is 6.27. The Bertz CT molecular complexity index is 1330. The second kappa shape index (κ2) is 8.60. The lowest BCUT2D eigenvalue weighted by molar-refractivity contribution is 0.592. The minimum absolute atomic E-state index is 0.241. The van der Waals surface area contributed by atoms with E-state index >= 15 is 0 Å². The quantitative estimate of drug-likeness (QED) is 0.782. The number of nitrogens with one attached hydrogen (secondary N) is 1. The molecule has 0 fully saturated rings. The van der Waals surface area contributed by atoms with Crippen molar-refractivity contribution in [2.24, 2.45) is 5.73 Å². The summed E-state index contributed by atoms with van der Waals surface area (Å²) >= 11 is 0. The molecule has 3 heteroatoms. The van der Waals surface area contributed by atoms with Crippen LogP contribution in [0.15, 0.2) is 84.1 Å². The Kier molecular flexibility index (Phi) is 5.50. The molecule has 1 atom stereocenters. The Morgan fingerprint density at radius 3 is 2.84 bits per heavy atom. The number of pyridine rings is 1. The molecule has 0 radical (unpaired) electrons. The molecular formula is C29H29N3. The number of hydrogen-bond donors (Lipinski definition) is 2. The van der Waals surface area contributed by atoms with Gasteiger partial charge in [-0.2, -0.15) is 0 Å². The standard InChI is InChI=1S/C29H29N3/c1-19-14-22-11-12-23(16-25(22)17-24(15-19)21-7-4-8-26(30)18-21)27-9-5-13-31-29(27)28-10-3-6-20(2)32-28/h3,5-7,10-17,26,31H,1,4,8-9,18,30H2,2H3. The molecule has 2 aromatic rings. The van der Waals surface area contributed by atoms with Crippen LogP contribution in [0.1, 0.15) is 42.6 Å². The van der Waals surface area contributed by atoms with Crippen LogP contribution in [0.2, 0.25) is 0 Å². The van der Waals surface area contributed by atoms with Gasteiger partial charge in [-0.1, -0.05) is 36.9 Å². The van der Waals surface area contributed by atoms with Gasteiger partial charge in [0.15, 0.2) is 0 Å². The van der Waals surface area contributed by atoms with Crippen molar-refractivity contribution in [2.45, 2.75) is 38.6 Å². The molecule has 2 aliphatic carbocycles. The van der Waals surface area contributed by atoms with E-state index in [1.165, 1.54) is 32.7 Å². The molecule has 160 valence electrons. The third-order valence-electron chi connectivity index (χ3n) is 6.32. The van der Waals surface area contributed by atoms with Gasteiger partial charge in [-0.15, -0.1) is 0 Å². The van der Waals surface area contributed by atoms with Gasteiger partial charge in [0.25, 0.3) is 0 Å². The number of aryl methyl sites for hydroxylation is 1. The van der Waals surface area contributed by atoms with E-state index in [0.29, 0.717) is 0 Å². The van der Waals surface area contributed by atoms with Crippen LogP contribution in [0.5, 0.6) is 0 Å². The molecule has 1 aliphatic heterocycles. The van der Waals surface area contributed by atoms with Crippen molar-refractivity contribution < 1.29 is 0 Å². The molecule has 3 N–H and O–H groups in total. The first-order valence-electron chi connectivity index (χ1n) is 11.3. The zero-order chi connectivity index (χ0) is 22.1. The summed E-state index contributed by atoms with van der Waals surface area (Å²) < 4.78 is 0. The highest BCUT2D eigenvalue weighted by Gasteiger charge is 2.16. The molecule has 1 aromatic carbocycles. The lowest BCUT2D eigenvalue weighted by Crippen LogP contribution is -2.26. The number of allylic oxidation sites excluding steroid dienone is 6. The van der Waals surface area contributed by atoms with Gasteiger partial charge >= 0.3 is 0 Å². The minimum atomic E-state index is 0.241. The monoisotopic (exact) mass is 419 g/mol. The van der Waals surface area contributed by atoms with Crippen molar-refractivity contribution >= 4 is 23.4 Å². The van der Waals surface area contributed by atoms with Crippen LogP contribution in [0.3, 0.4) is 0 Å². The van der Waals surface area contributed by atoms with Gasteiger partial charge in [-0.25, -0.2) is 0 Å². The highest BCUT2D eigenvalue weighted by atomic mass is 14.9. The number of fused-ring (bicyclic) bond motifs is 1. The molecule has 1 unspecified atom stereocenters. The SMILES string of the molecule is C=C1C=C(C2=CCCC(N)C2)C=c2cc(C3=C(c4cccc(C)n4)NC=CC3)ccc2=C1. The van der Waals surface area contributed by atoms with E-state index < -0.39 is 0 Å². The molecule has 32 heavy (non-hydrogen) atoms. The normalized spacial score (nSPS) is 20.3. The van der Waals surface area contributed by atoms with Crippen molar-refractivity contribution in [3.63, 3.8) is 0 Å². The summed E-state index contributed by atoms with van der Waals surface area (Å²) in [7, 11) is 0. The largest absolute Gasteiger partial charge is 0.360 e. The van der Waals surface area contributed by atoms with Gasteiger partial charge < -0.3 is 11.1 Å². The topological polar surface area (TPSA) is 50.9 Å². The van der Waals surface area contributed by atoms with Crippen molar-refractivity contribution in [3.05, 3.63) is 112 Å². The van der Waals surface area contributed by atoms with E-state index in [1.54, 1.807) is 0 Å². The van der Waals surface area contributed by atoms with Crippen LogP contribution in [-0.4, -0.2) is 11.0 Å². The molecule has 0 bridgehead atoms. The molecule has 0 spiro atoms. The third-order valence-corrected chi connectivity index (χ3v) is 6.32. The first-order chi connectivity index (χ1) is 15.6. The summed E-state index contributed by atoms with van der Waals surface area (Å²) in [4.78, 5) is 4.76. The summed E-state index contributed by atoms with van der Waals surface area (Å²) in [5.74, 6) is 0. The zero-order valence-electron chi connectivity index (χ0n) is 18.6. The third kappa shape index (κ3) is 4.17. The zero-order valence-corrected chi connectivity index (χ0v) is 18.6. The summed E-state index contributed by atoms with van der Waals surface area (Å²) in [5, 5.41) is 5.86. The van der Waals surface area contributed by atoms with Gasteiger partial charge in [-0.3, -0.25) is 4.98 Å². The summed E-state index contributed by atoms with van der Waals surface area (Å²) in [5.41, 5.74) is 15.4. The second-order valence-corrected chi connectivity index (χ2v) is 8.85. The molecule has 3 nitrogen and oxygen atoms in total. The van der Waals surface area contributed by atoms with E-state index in [0.717, 1.165) is 48.3 Å². The maximum Gasteiger partial charge on any atom is 0.0870 e. The first kappa shape index (κ1) is 20.5. The Morgan fingerprint density at radius 1 is 1.09 bits per heavy atom. The Morgan fingerprint density at radius 2 is 2.00 bits per heavy atom. The van der Waals surface area contributed by atoms with Crippen LogP contribution in [0, 0.1) is 6.92 Å². The molecule has 2 heterocycles. The Balaban J connectivity index is 1.63. The van der Waals surface area contributed by atoms with Crippen LogP contribution in [0.25, 0.3) is 23.4 Å². The smallest absolute Gasteiger partial charge is 0.0870 e. The fourth-order valence-electron chi connectivity index (χ4n) is 4.71. The number of benzene rings is 1. The number of nitrogens with two attached hydrogens (primary N) is 1. The molecule has 1 aromatic heterocycles. The molecule has 0 saturated carbocycles. The first-order valence-corrected chi connectivity index (χ1v) is 11.3. The number of hydrogen-bond acceptors (Lipinski definition) is 3. The predicted molar refractivity (Wildman–Crippen MR) is 134 cm³/mol. The van der Waals surface area contributed by atoms with E-state index in [4.69, 9.17) is 10.7 Å². The van der Waals surface area contributed by atoms with Crippen molar-refractivity contribution in [1.29, 1.82) is 0 Å². The minimum Gasteiger partial charge on any atom is -0.360 e. The average molecular weight is 420 g/mol. The van der Waals surface area contributed by atoms with Crippen molar-refractivity contribution in [1.82, 2.24) is 10.3 Å². The highest BCUT2D eigenvalue weighted by Crippen LogP contribution is 2.29. The predicted octanol–water partition coefficient (Wildman–Crippen LogP) is 4.26. The van der Waals surface area contributed by atoms with E-state index in [1.807, 2.05) is 19.2 Å². The van der Waals surface area contributed by atoms with Crippen molar-refractivity contribution in [2.75, 3.05) is 0 Å². The van der Waals surface area contributed by atoms with Gasteiger partial charge in [0.05, 0.1) is 11.4 Å². The number of dihydropyridines is 1. The van der Waals surface area contributed by atoms with Crippen molar-refractivity contribution in [3.8, 4) is 0 Å². The summed E-state index contributed by atoms with van der Waals surface area (Å²) in [6.45, 7) is 6.29. The Hall–Kier alpha value is -3.43. The molecule has 5 rings (SSSR count). The number of nitrogens with zero attached hydrogens (tertiary/aromatic N) is 1. The van der Waals surface area contributed by atoms with Gasteiger partial charge in [-0.05, 0) is 114 Å². The van der Waals surface area contributed by atoms with E-state index in [2.05, 4.69) is 72.6 Å². The molecule has 0 saturated heterocycles. The second-order valence-electron chi connectivity index (χ2n) is 8.85. The molecular weight excluding hydrogens is 390 g/mol. The van der Waals surface area contributed by atoms with E-state index in [-0.39, 0.29) is 6.04 Å². The van der Waals surface area contributed by atoms with Crippen LogP contribution in [-0.2, 0) is 0 Å². The lowest BCUT2D eigenvalue weighted by atomic mass is 9.89. The fourth-order valence-corrected chi connectivity index (χ4v) is 4.71. The maximum atomic E-state index is 6.27. The van der Waals surface area contributed by atoms with Gasteiger partial charge in [0.1, 0.15) is 0 Å². The lowest BCUT2D eigenvalue weighted by Gasteiger charge is -2.20.